The van der Waals surface area contributed by atoms with E-state index in [-0.39, 0.29) is 36.6 Å². The molecule has 1 aromatic carbocycles. The average Bonchev–Trinajstić information content (AvgIpc) is 3.26. The minimum absolute atomic E-state index is 0.0000507. The molecule has 2 N–H and O–H groups in total. The van der Waals surface area contributed by atoms with E-state index in [9.17, 15) is 9.59 Å². The first-order valence-electron chi connectivity index (χ1n) is 6.85. The lowest BCUT2D eigenvalue weighted by molar-refractivity contribution is -0.123. The van der Waals surface area contributed by atoms with Gasteiger partial charge in [0.2, 0.25) is 11.8 Å². The summed E-state index contributed by atoms with van der Waals surface area (Å²) in [6, 6.07) is 7.57. The van der Waals surface area contributed by atoms with Gasteiger partial charge in [-0.3, -0.25) is 9.59 Å². The Morgan fingerprint density at radius 2 is 2.00 bits per heavy atom. The number of amides is 2. The van der Waals surface area contributed by atoms with Crippen LogP contribution in [0.1, 0.15) is 24.3 Å². The molecule has 110 valence electrons. The van der Waals surface area contributed by atoms with Gasteiger partial charge in [-0.25, -0.2) is 0 Å². The molecule has 1 saturated carbocycles. The van der Waals surface area contributed by atoms with Crippen molar-refractivity contribution in [2.45, 2.75) is 18.8 Å². The molecule has 0 bridgehead atoms. The van der Waals surface area contributed by atoms with Gasteiger partial charge in [0.15, 0.2) is 0 Å². The Hall–Kier alpha value is -1.99. The van der Waals surface area contributed by atoms with Crippen LogP contribution in [0.3, 0.4) is 0 Å². The molecular formula is C16H17ClN2O2. The van der Waals surface area contributed by atoms with Gasteiger partial charge in [-0.1, -0.05) is 29.7 Å². The Balaban J connectivity index is 1.70. The molecule has 0 spiro atoms. The molecule has 1 aliphatic rings. The lowest BCUT2D eigenvalue weighted by atomic mass is 10.1. The van der Waals surface area contributed by atoms with E-state index in [1.54, 1.807) is 0 Å². The van der Waals surface area contributed by atoms with Crippen LogP contribution in [0.15, 0.2) is 24.3 Å². The first kappa shape index (κ1) is 15.4. The van der Waals surface area contributed by atoms with Crippen molar-refractivity contribution in [1.82, 2.24) is 10.6 Å². The molecule has 0 heterocycles. The molecule has 21 heavy (non-hydrogen) atoms. The predicted octanol–water partition coefficient (Wildman–Crippen LogP) is 1.70. The number of benzene rings is 1. The number of rotatable bonds is 6. The van der Waals surface area contributed by atoms with Crippen molar-refractivity contribution in [3.63, 3.8) is 0 Å². The summed E-state index contributed by atoms with van der Waals surface area (Å²) in [4.78, 5) is 23.3. The highest BCUT2D eigenvalue weighted by Crippen LogP contribution is 2.47. The van der Waals surface area contributed by atoms with Gasteiger partial charge in [-0.05, 0) is 30.0 Å². The van der Waals surface area contributed by atoms with E-state index >= 15 is 0 Å². The monoisotopic (exact) mass is 304 g/mol. The number of halogens is 1. The predicted molar refractivity (Wildman–Crippen MR) is 81.8 cm³/mol. The Morgan fingerprint density at radius 3 is 2.67 bits per heavy atom. The average molecular weight is 305 g/mol. The van der Waals surface area contributed by atoms with Crippen LogP contribution in [-0.2, 0) is 9.59 Å². The minimum atomic E-state index is -0.154. The van der Waals surface area contributed by atoms with E-state index in [0.29, 0.717) is 11.6 Å². The van der Waals surface area contributed by atoms with Crippen molar-refractivity contribution in [3.8, 4) is 12.3 Å². The molecule has 0 aromatic heterocycles. The largest absolute Gasteiger partial charge is 0.355 e. The first-order chi connectivity index (χ1) is 10.1. The zero-order valence-electron chi connectivity index (χ0n) is 11.6. The molecule has 1 aliphatic carbocycles. The van der Waals surface area contributed by atoms with Gasteiger partial charge in [0.25, 0.3) is 0 Å². The van der Waals surface area contributed by atoms with Crippen LogP contribution in [0.2, 0.25) is 5.02 Å². The van der Waals surface area contributed by atoms with Crippen LogP contribution in [0.4, 0.5) is 0 Å². The SMILES string of the molecule is C#CCNC(=O)CCNC(=O)[C@@H]1C[C@@H]1c1ccc(Cl)cc1. The second-order valence-corrected chi connectivity index (χ2v) is 5.46. The third-order valence-corrected chi connectivity index (χ3v) is 3.72. The molecule has 1 aromatic rings. The van der Waals surface area contributed by atoms with Crippen LogP contribution in [-0.4, -0.2) is 24.9 Å². The molecule has 0 radical (unpaired) electrons. The second-order valence-electron chi connectivity index (χ2n) is 5.02. The fourth-order valence-corrected chi connectivity index (χ4v) is 2.36. The van der Waals surface area contributed by atoms with Crippen molar-refractivity contribution in [3.05, 3.63) is 34.9 Å². The summed E-state index contributed by atoms with van der Waals surface area (Å²) in [5, 5.41) is 6.03. The minimum Gasteiger partial charge on any atom is -0.355 e. The number of terminal acetylenes is 1. The second kappa shape index (κ2) is 7.14. The maximum absolute atomic E-state index is 12.0. The molecule has 5 heteroatoms. The van der Waals surface area contributed by atoms with Crippen LogP contribution < -0.4 is 10.6 Å². The van der Waals surface area contributed by atoms with Gasteiger partial charge in [-0.2, -0.15) is 0 Å². The summed E-state index contributed by atoms with van der Waals surface area (Å²) < 4.78 is 0. The van der Waals surface area contributed by atoms with E-state index in [1.165, 1.54) is 0 Å². The van der Waals surface area contributed by atoms with Crippen molar-refractivity contribution in [2.75, 3.05) is 13.1 Å². The molecule has 0 saturated heterocycles. The van der Waals surface area contributed by atoms with Crippen molar-refractivity contribution in [1.29, 1.82) is 0 Å². The molecule has 2 atom stereocenters. The molecule has 2 rings (SSSR count). The molecule has 0 aliphatic heterocycles. The highest BCUT2D eigenvalue weighted by Gasteiger charge is 2.43. The van der Waals surface area contributed by atoms with Gasteiger partial charge in [0.1, 0.15) is 0 Å². The Kier molecular flexibility index (Phi) is 5.24. The van der Waals surface area contributed by atoms with Crippen LogP contribution >= 0.6 is 11.6 Å². The zero-order valence-corrected chi connectivity index (χ0v) is 12.3. The van der Waals surface area contributed by atoms with Crippen LogP contribution in [0.25, 0.3) is 0 Å². The fraction of sp³-hybridized carbons (Fsp3) is 0.375. The maximum atomic E-state index is 12.0. The fourth-order valence-electron chi connectivity index (χ4n) is 2.23. The Bertz CT molecular complexity index is 563. The number of hydrogen-bond acceptors (Lipinski definition) is 2. The summed E-state index contributed by atoms with van der Waals surface area (Å²) in [6.45, 7) is 0.549. The van der Waals surface area contributed by atoms with Crippen molar-refractivity contribution >= 4 is 23.4 Å². The third kappa shape index (κ3) is 4.51. The van der Waals surface area contributed by atoms with Crippen molar-refractivity contribution in [2.24, 2.45) is 5.92 Å². The third-order valence-electron chi connectivity index (χ3n) is 3.46. The van der Waals surface area contributed by atoms with Gasteiger partial charge in [0.05, 0.1) is 6.54 Å². The van der Waals surface area contributed by atoms with Gasteiger partial charge >= 0.3 is 0 Å². The zero-order chi connectivity index (χ0) is 15.2. The van der Waals surface area contributed by atoms with Gasteiger partial charge in [-0.15, -0.1) is 6.42 Å². The topological polar surface area (TPSA) is 58.2 Å². The number of nitrogens with one attached hydrogen (secondary N) is 2. The number of carbonyl (C=O) groups excluding carboxylic acids is 2. The molecule has 4 nitrogen and oxygen atoms in total. The summed E-state index contributed by atoms with van der Waals surface area (Å²) >= 11 is 5.84. The van der Waals surface area contributed by atoms with Gasteiger partial charge in [0, 0.05) is 23.9 Å². The van der Waals surface area contributed by atoms with E-state index < -0.39 is 0 Å². The Labute approximate surface area is 129 Å². The standard InChI is InChI=1S/C16H17ClN2O2/c1-2-8-18-15(20)7-9-19-16(21)14-10-13(14)11-3-5-12(17)6-4-11/h1,3-6,13-14H,7-10H2,(H,18,20)(H,19,21)/t13-,14-/m1/s1. The smallest absolute Gasteiger partial charge is 0.223 e. The summed E-state index contributed by atoms with van der Waals surface area (Å²) in [7, 11) is 0. The number of carbonyl (C=O) groups is 2. The van der Waals surface area contributed by atoms with E-state index in [0.717, 1.165) is 12.0 Å². The lowest BCUT2D eigenvalue weighted by Gasteiger charge is -2.05. The molecule has 2 amide bonds. The highest BCUT2D eigenvalue weighted by atomic mass is 35.5. The summed E-state index contributed by atoms with van der Waals surface area (Å²) in [6.07, 6.45) is 6.12. The van der Waals surface area contributed by atoms with Gasteiger partial charge < -0.3 is 10.6 Å². The summed E-state index contributed by atoms with van der Waals surface area (Å²) in [5.74, 6) is 2.43. The molecule has 1 fully saturated rings. The van der Waals surface area contributed by atoms with E-state index in [2.05, 4.69) is 16.6 Å². The lowest BCUT2D eigenvalue weighted by Crippen LogP contribution is -2.31. The maximum Gasteiger partial charge on any atom is 0.223 e. The van der Waals surface area contributed by atoms with E-state index in [1.807, 2.05) is 24.3 Å². The van der Waals surface area contributed by atoms with E-state index in [4.69, 9.17) is 18.0 Å². The molecule has 0 unspecified atom stereocenters. The normalized spacial score (nSPS) is 19.4. The first-order valence-corrected chi connectivity index (χ1v) is 7.23. The summed E-state index contributed by atoms with van der Waals surface area (Å²) in [5.41, 5.74) is 1.13. The number of hydrogen-bond donors (Lipinski definition) is 2. The van der Waals surface area contributed by atoms with Crippen LogP contribution in [0, 0.1) is 18.3 Å². The molecular weight excluding hydrogens is 288 g/mol. The van der Waals surface area contributed by atoms with Crippen LogP contribution in [0.5, 0.6) is 0 Å². The quantitative estimate of drug-likeness (QED) is 0.786. The Morgan fingerprint density at radius 1 is 1.29 bits per heavy atom. The van der Waals surface area contributed by atoms with Crippen molar-refractivity contribution < 1.29 is 9.59 Å². The highest BCUT2D eigenvalue weighted by molar-refractivity contribution is 6.30.